The highest BCUT2D eigenvalue weighted by Gasteiger charge is 2.16. The zero-order valence-corrected chi connectivity index (χ0v) is 11.0. The molecule has 0 unspecified atom stereocenters. The van der Waals surface area contributed by atoms with Gasteiger partial charge in [0.2, 0.25) is 0 Å². The fourth-order valence-corrected chi connectivity index (χ4v) is 1.98. The lowest BCUT2D eigenvalue weighted by Gasteiger charge is -2.22. The van der Waals surface area contributed by atoms with Crippen LogP contribution in [-0.2, 0) is 6.54 Å². The van der Waals surface area contributed by atoms with E-state index in [-0.39, 0.29) is 11.3 Å². The molecule has 0 amide bonds. The fourth-order valence-electron chi connectivity index (χ4n) is 1.98. The summed E-state index contributed by atoms with van der Waals surface area (Å²) in [7, 11) is 0. The van der Waals surface area contributed by atoms with E-state index in [4.69, 9.17) is 4.42 Å². The molecule has 104 valence electrons. The minimum absolute atomic E-state index is 0.0744. The number of hydrogen-bond acceptors (Lipinski definition) is 5. The van der Waals surface area contributed by atoms with E-state index in [1.165, 1.54) is 12.1 Å². The number of carbonyl (C=O) groups excluding carboxylic acids is 1. The second-order valence-corrected chi connectivity index (χ2v) is 4.21. The molecule has 0 saturated carbocycles. The van der Waals surface area contributed by atoms with Gasteiger partial charge in [0.15, 0.2) is 6.29 Å². The molecule has 2 aromatic rings. The molecule has 2 rings (SSSR count). The Kier molecular flexibility index (Phi) is 4.14. The number of aldehydes is 1. The van der Waals surface area contributed by atoms with E-state index in [2.05, 4.69) is 0 Å². The molecule has 0 N–H and O–H groups in total. The Bertz CT molecular complexity index is 608. The van der Waals surface area contributed by atoms with Crippen LogP contribution >= 0.6 is 0 Å². The van der Waals surface area contributed by atoms with Crippen molar-refractivity contribution in [2.75, 3.05) is 11.4 Å². The summed E-state index contributed by atoms with van der Waals surface area (Å²) >= 11 is 0. The number of anilines is 1. The Balaban J connectivity index is 2.30. The largest absolute Gasteiger partial charge is 0.467 e. The van der Waals surface area contributed by atoms with Crippen molar-refractivity contribution >= 4 is 17.7 Å². The molecule has 1 heterocycles. The van der Waals surface area contributed by atoms with Crippen LogP contribution in [0, 0.1) is 10.1 Å². The molecule has 0 fully saturated rings. The third-order valence-electron chi connectivity index (χ3n) is 3.01. The van der Waals surface area contributed by atoms with E-state index in [1.807, 2.05) is 17.9 Å². The molecule has 1 aromatic carbocycles. The number of nitro benzene ring substituents is 1. The molecule has 0 aliphatic heterocycles. The van der Waals surface area contributed by atoms with Crippen molar-refractivity contribution in [2.45, 2.75) is 13.5 Å². The smallest absolute Gasteiger partial charge is 0.280 e. The molecule has 0 aliphatic carbocycles. The minimum Gasteiger partial charge on any atom is -0.467 e. The number of nitrogens with zero attached hydrogens (tertiary/aromatic N) is 2. The molecule has 0 spiro atoms. The first-order valence-electron chi connectivity index (χ1n) is 6.16. The lowest BCUT2D eigenvalue weighted by Crippen LogP contribution is -2.21. The molecule has 0 atom stereocenters. The van der Waals surface area contributed by atoms with Gasteiger partial charge in [-0.2, -0.15) is 0 Å². The second kappa shape index (κ2) is 6.01. The summed E-state index contributed by atoms with van der Waals surface area (Å²) in [5, 5.41) is 10.8. The number of furan rings is 1. The lowest BCUT2D eigenvalue weighted by molar-refractivity contribution is -0.385. The van der Waals surface area contributed by atoms with E-state index < -0.39 is 4.92 Å². The Labute approximate surface area is 115 Å². The zero-order valence-electron chi connectivity index (χ0n) is 11.0. The van der Waals surface area contributed by atoms with Crippen LogP contribution in [0.2, 0.25) is 0 Å². The maximum Gasteiger partial charge on any atom is 0.280 e. The molecule has 0 bridgehead atoms. The lowest BCUT2D eigenvalue weighted by atomic mass is 10.1. The van der Waals surface area contributed by atoms with Crippen LogP contribution in [0.4, 0.5) is 11.4 Å². The van der Waals surface area contributed by atoms with Crippen LogP contribution in [0.3, 0.4) is 0 Å². The SMILES string of the molecule is CCN(Cc1ccco1)c1ccc([N+](=O)[O-])c(C=O)c1. The maximum absolute atomic E-state index is 11.0. The quantitative estimate of drug-likeness (QED) is 0.459. The maximum atomic E-state index is 11.0. The van der Waals surface area contributed by atoms with Gasteiger partial charge in [0.05, 0.1) is 23.3 Å². The van der Waals surface area contributed by atoms with Gasteiger partial charge in [-0.3, -0.25) is 14.9 Å². The standard InChI is InChI=1S/C14H14N2O4/c1-2-15(9-13-4-3-7-20-13)12-5-6-14(16(18)19)11(8-12)10-17/h3-8,10H,2,9H2,1H3. The van der Waals surface area contributed by atoms with Gasteiger partial charge in [-0.1, -0.05) is 0 Å². The van der Waals surface area contributed by atoms with Crippen LogP contribution in [-0.4, -0.2) is 17.8 Å². The number of nitro groups is 1. The third kappa shape index (κ3) is 2.85. The van der Waals surface area contributed by atoms with Gasteiger partial charge < -0.3 is 9.32 Å². The highest BCUT2D eigenvalue weighted by Crippen LogP contribution is 2.25. The van der Waals surface area contributed by atoms with Crippen LogP contribution in [0.15, 0.2) is 41.0 Å². The molecule has 1 aromatic heterocycles. The van der Waals surface area contributed by atoms with Crippen molar-refractivity contribution in [3.05, 3.63) is 58.0 Å². The zero-order chi connectivity index (χ0) is 14.5. The molecule has 0 radical (unpaired) electrons. The first-order chi connectivity index (χ1) is 9.65. The van der Waals surface area contributed by atoms with Crippen LogP contribution in [0.5, 0.6) is 0 Å². The van der Waals surface area contributed by atoms with Crippen molar-refractivity contribution in [3.63, 3.8) is 0 Å². The molecular weight excluding hydrogens is 260 g/mol. The molecule has 20 heavy (non-hydrogen) atoms. The van der Waals surface area contributed by atoms with Crippen molar-refractivity contribution in [1.82, 2.24) is 0 Å². The Morgan fingerprint density at radius 1 is 1.40 bits per heavy atom. The van der Waals surface area contributed by atoms with Gasteiger partial charge in [-0.15, -0.1) is 0 Å². The van der Waals surface area contributed by atoms with Gasteiger partial charge in [0, 0.05) is 18.3 Å². The fraction of sp³-hybridized carbons (Fsp3) is 0.214. The average Bonchev–Trinajstić information content (AvgIpc) is 2.96. The van der Waals surface area contributed by atoms with E-state index in [0.717, 1.165) is 11.4 Å². The topological polar surface area (TPSA) is 76.6 Å². The summed E-state index contributed by atoms with van der Waals surface area (Å²) in [4.78, 5) is 23.2. The summed E-state index contributed by atoms with van der Waals surface area (Å²) < 4.78 is 5.29. The van der Waals surface area contributed by atoms with E-state index in [9.17, 15) is 14.9 Å². The number of benzene rings is 1. The van der Waals surface area contributed by atoms with Crippen molar-refractivity contribution < 1.29 is 14.1 Å². The second-order valence-electron chi connectivity index (χ2n) is 4.21. The van der Waals surface area contributed by atoms with Gasteiger partial charge >= 0.3 is 0 Å². The summed E-state index contributed by atoms with van der Waals surface area (Å²) in [6, 6.07) is 8.17. The Hall–Kier alpha value is -2.63. The average molecular weight is 274 g/mol. The summed E-state index contributed by atoms with van der Waals surface area (Å²) in [5.41, 5.74) is 0.639. The predicted molar refractivity (Wildman–Crippen MR) is 73.9 cm³/mol. The highest BCUT2D eigenvalue weighted by atomic mass is 16.6. The summed E-state index contributed by atoms with van der Waals surface area (Å²) in [6.45, 7) is 3.20. The molecule has 0 saturated heterocycles. The van der Waals surface area contributed by atoms with E-state index >= 15 is 0 Å². The molecule has 6 nitrogen and oxygen atoms in total. The summed E-state index contributed by atoms with van der Waals surface area (Å²) in [6.07, 6.45) is 2.10. The first-order valence-corrected chi connectivity index (χ1v) is 6.16. The number of carbonyl (C=O) groups is 1. The summed E-state index contributed by atoms with van der Waals surface area (Å²) in [5.74, 6) is 0.790. The number of rotatable bonds is 6. The van der Waals surface area contributed by atoms with Crippen molar-refractivity contribution in [2.24, 2.45) is 0 Å². The normalized spacial score (nSPS) is 10.2. The van der Waals surface area contributed by atoms with Crippen LogP contribution < -0.4 is 4.90 Å². The van der Waals surface area contributed by atoms with Gasteiger partial charge in [-0.05, 0) is 31.2 Å². The van der Waals surface area contributed by atoms with Crippen molar-refractivity contribution in [3.8, 4) is 0 Å². The van der Waals surface area contributed by atoms with E-state index in [1.54, 1.807) is 18.4 Å². The predicted octanol–water partition coefficient (Wildman–Crippen LogP) is 3.03. The van der Waals surface area contributed by atoms with Gasteiger partial charge in [0.25, 0.3) is 5.69 Å². The molecular formula is C14H14N2O4. The van der Waals surface area contributed by atoms with Crippen molar-refractivity contribution in [1.29, 1.82) is 0 Å². The van der Waals surface area contributed by atoms with E-state index in [0.29, 0.717) is 19.4 Å². The van der Waals surface area contributed by atoms with Gasteiger partial charge in [0.1, 0.15) is 5.76 Å². The molecule has 6 heteroatoms. The first kappa shape index (κ1) is 13.8. The number of hydrogen-bond donors (Lipinski definition) is 0. The minimum atomic E-state index is -0.559. The van der Waals surface area contributed by atoms with Gasteiger partial charge in [-0.25, -0.2) is 0 Å². The Morgan fingerprint density at radius 2 is 2.20 bits per heavy atom. The van der Waals surface area contributed by atoms with Crippen LogP contribution in [0.1, 0.15) is 23.0 Å². The third-order valence-corrected chi connectivity index (χ3v) is 3.01. The van der Waals surface area contributed by atoms with Crippen LogP contribution in [0.25, 0.3) is 0 Å². The monoisotopic (exact) mass is 274 g/mol. The Morgan fingerprint density at radius 3 is 2.75 bits per heavy atom. The highest BCUT2D eigenvalue weighted by molar-refractivity contribution is 5.83. The molecule has 0 aliphatic rings.